The summed E-state index contributed by atoms with van der Waals surface area (Å²) in [5.74, 6) is -2.36. The van der Waals surface area contributed by atoms with Crippen LogP contribution >= 0.6 is 0 Å². The average Bonchev–Trinajstić information content (AvgIpc) is 2.57. The number of fused-ring (bicyclic) bond motifs is 1. The first-order valence-corrected chi connectivity index (χ1v) is 9.40. The van der Waals surface area contributed by atoms with Crippen molar-refractivity contribution < 1.29 is 17.2 Å². The molecule has 1 aromatic carbocycles. The second-order valence-corrected chi connectivity index (χ2v) is 7.63. The van der Waals surface area contributed by atoms with E-state index in [2.05, 4.69) is 9.82 Å². The molecule has 0 unspecified atom stereocenters. The highest BCUT2D eigenvalue weighted by molar-refractivity contribution is 7.89. The summed E-state index contributed by atoms with van der Waals surface area (Å²) < 4.78 is 53.8. The molecule has 1 heterocycles. The lowest BCUT2D eigenvalue weighted by Gasteiger charge is -2.16. The van der Waals surface area contributed by atoms with E-state index < -0.39 is 21.7 Å². The number of hydrogen-bond acceptors (Lipinski definition) is 4. The molecular weight excluding hydrogens is 352 g/mol. The van der Waals surface area contributed by atoms with Crippen LogP contribution in [-0.2, 0) is 29.4 Å². The topological polar surface area (TPSA) is 81.1 Å². The van der Waals surface area contributed by atoms with Crippen LogP contribution in [0, 0.1) is 11.6 Å². The summed E-state index contributed by atoms with van der Waals surface area (Å²) in [6.45, 7) is -0.0396. The molecule has 3 rings (SSSR count). The Balaban J connectivity index is 1.70. The molecule has 0 saturated heterocycles. The average molecular weight is 369 g/mol. The lowest BCUT2D eigenvalue weighted by atomic mass is 9.97. The standard InChI is InChI=1S/C16H17F2N3O3S/c17-13-6-5-12(10-14(13)18)25(23,24)19-7-8-21-16(22)9-11-3-1-2-4-15(11)20-21/h5-6,9-10,19H,1-4,7-8H2. The first kappa shape index (κ1) is 17.7. The molecule has 134 valence electrons. The van der Waals surface area contributed by atoms with Crippen molar-refractivity contribution in [2.75, 3.05) is 6.54 Å². The van der Waals surface area contributed by atoms with Crippen LogP contribution in [0.2, 0.25) is 0 Å². The SMILES string of the molecule is O=c1cc2c(nn1CCNS(=O)(=O)c1ccc(F)c(F)c1)CCCC2. The molecule has 0 spiro atoms. The van der Waals surface area contributed by atoms with Crippen LogP contribution in [-0.4, -0.2) is 24.7 Å². The monoisotopic (exact) mass is 369 g/mol. The van der Waals surface area contributed by atoms with Gasteiger partial charge in [0.1, 0.15) is 0 Å². The van der Waals surface area contributed by atoms with Crippen molar-refractivity contribution in [3.8, 4) is 0 Å². The van der Waals surface area contributed by atoms with E-state index in [1.165, 1.54) is 4.68 Å². The van der Waals surface area contributed by atoms with E-state index in [-0.39, 0.29) is 23.5 Å². The van der Waals surface area contributed by atoms with Crippen molar-refractivity contribution in [3.63, 3.8) is 0 Å². The minimum absolute atomic E-state index is 0.0506. The van der Waals surface area contributed by atoms with Crippen molar-refractivity contribution in [2.24, 2.45) is 0 Å². The number of rotatable bonds is 5. The number of halogens is 2. The maximum atomic E-state index is 13.2. The van der Waals surface area contributed by atoms with Crippen LogP contribution in [0.3, 0.4) is 0 Å². The Labute approximate surface area is 143 Å². The van der Waals surface area contributed by atoms with Gasteiger partial charge in [-0.05, 0) is 49.4 Å². The molecule has 0 atom stereocenters. The van der Waals surface area contributed by atoms with Gasteiger partial charge < -0.3 is 0 Å². The maximum Gasteiger partial charge on any atom is 0.267 e. The molecule has 1 N–H and O–H groups in total. The number of nitrogens with one attached hydrogen (secondary N) is 1. The molecule has 6 nitrogen and oxygen atoms in total. The Hall–Kier alpha value is -2.13. The predicted octanol–water partition coefficient (Wildman–Crippen LogP) is 1.38. The summed E-state index contributed by atoms with van der Waals surface area (Å²) in [7, 11) is -4.00. The number of hydrogen-bond donors (Lipinski definition) is 1. The van der Waals surface area contributed by atoms with Crippen LogP contribution in [0.25, 0.3) is 0 Å². The third kappa shape index (κ3) is 3.93. The highest BCUT2D eigenvalue weighted by atomic mass is 32.2. The zero-order valence-electron chi connectivity index (χ0n) is 13.3. The smallest absolute Gasteiger partial charge is 0.267 e. The maximum absolute atomic E-state index is 13.2. The third-order valence-electron chi connectivity index (χ3n) is 4.09. The van der Waals surface area contributed by atoms with Crippen molar-refractivity contribution >= 4 is 10.0 Å². The van der Waals surface area contributed by atoms with E-state index in [1.54, 1.807) is 6.07 Å². The summed E-state index contributed by atoms with van der Waals surface area (Å²) in [5, 5.41) is 4.29. The van der Waals surface area contributed by atoms with E-state index in [0.29, 0.717) is 6.07 Å². The fourth-order valence-electron chi connectivity index (χ4n) is 2.77. The van der Waals surface area contributed by atoms with E-state index in [0.717, 1.165) is 49.1 Å². The van der Waals surface area contributed by atoms with E-state index in [1.807, 2.05) is 0 Å². The van der Waals surface area contributed by atoms with Crippen molar-refractivity contribution in [1.82, 2.24) is 14.5 Å². The van der Waals surface area contributed by atoms with Crippen LogP contribution in [0.1, 0.15) is 24.1 Å². The molecular formula is C16H17F2N3O3S. The Morgan fingerprint density at radius 3 is 2.64 bits per heavy atom. The molecule has 0 radical (unpaired) electrons. The van der Waals surface area contributed by atoms with Gasteiger partial charge in [0, 0.05) is 12.6 Å². The summed E-state index contributed by atoms with van der Waals surface area (Å²) in [6.07, 6.45) is 3.69. The summed E-state index contributed by atoms with van der Waals surface area (Å²) >= 11 is 0. The van der Waals surface area contributed by atoms with Crippen molar-refractivity contribution in [2.45, 2.75) is 37.1 Å². The number of aryl methyl sites for hydroxylation is 2. The van der Waals surface area contributed by atoms with Gasteiger partial charge in [0.15, 0.2) is 11.6 Å². The van der Waals surface area contributed by atoms with Crippen LogP contribution in [0.15, 0.2) is 34.0 Å². The normalized spacial score (nSPS) is 14.3. The van der Waals surface area contributed by atoms with Gasteiger partial charge >= 0.3 is 0 Å². The second kappa shape index (κ2) is 7.01. The summed E-state index contributed by atoms with van der Waals surface area (Å²) in [4.78, 5) is 11.7. The molecule has 1 aliphatic carbocycles. The first-order chi connectivity index (χ1) is 11.9. The molecule has 0 fully saturated rings. The van der Waals surface area contributed by atoms with E-state index in [9.17, 15) is 22.0 Å². The van der Waals surface area contributed by atoms with Gasteiger partial charge in [-0.15, -0.1) is 0 Å². The van der Waals surface area contributed by atoms with Gasteiger partial charge in [-0.1, -0.05) is 0 Å². The zero-order chi connectivity index (χ0) is 18.0. The Kier molecular flexibility index (Phi) is 4.96. The summed E-state index contributed by atoms with van der Waals surface area (Å²) in [6, 6.07) is 3.88. The Bertz CT molecular complexity index is 958. The van der Waals surface area contributed by atoms with Gasteiger partial charge in [0.25, 0.3) is 5.56 Å². The molecule has 0 amide bonds. The Morgan fingerprint density at radius 2 is 1.88 bits per heavy atom. The fraction of sp³-hybridized carbons (Fsp3) is 0.375. The molecule has 2 aromatic rings. The van der Waals surface area contributed by atoms with E-state index in [4.69, 9.17) is 0 Å². The fourth-order valence-corrected chi connectivity index (χ4v) is 3.81. The molecule has 0 bridgehead atoms. The minimum Gasteiger partial charge on any atom is -0.268 e. The van der Waals surface area contributed by atoms with Gasteiger partial charge in [-0.25, -0.2) is 26.6 Å². The van der Waals surface area contributed by atoms with Crippen molar-refractivity contribution in [3.05, 3.63) is 57.5 Å². The highest BCUT2D eigenvalue weighted by Crippen LogP contribution is 2.17. The predicted molar refractivity (Wildman–Crippen MR) is 86.7 cm³/mol. The van der Waals surface area contributed by atoms with Crippen molar-refractivity contribution in [1.29, 1.82) is 0 Å². The molecule has 1 aliphatic rings. The minimum atomic E-state index is -4.00. The largest absolute Gasteiger partial charge is 0.268 e. The first-order valence-electron chi connectivity index (χ1n) is 7.91. The van der Waals surface area contributed by atoms with Crippen LogP contribution in [0.4, 0.5) is 8.78 Å². The molecule has 0 saturated carbocycles. The third-order valence-corrected chi connectivity index (χ3v) is 5.55. The lowest BCUT2D eigenvalue weighted by Crippen LogP contribution is -2.33. The number of aromatic nitrogens is 2. The number of benzene rings is 1. The second-order valence-electron chi connectivity index (χ2n) is 5.86. The molecule has 25 heavy (non-hydrogen) atoms. The lowest BCUT2D eigenvalue weighted by molar-refractivity contribution is 0.503. The summed E-state index contributed by atoms with van der Waals surface area (Å²) in [5.41, 5.74) is 1.54. The number of sulfonamides is 1. The van der Waals surface area contributed by atoms with Gasteiger partial charge in [-0.2, -0.15) is 5.10 Å². The quantitative estimate of drug-likeness (QED) is 0.863. The highest BCUT2D eigenvalue weighted by Gasteiger charge is 2.17. The van der Waals surface area contributed by atoms with Gasteiger partial charge in [0.2, 0.25) is 10.0 Å². The van der Waals surface area contributed by atoms with Gasteiger partial charge in [-0.3, -0.25) is 4.79 Å². The zero-order valence-corrected chi connectivity index (χ0v) is 14.2. The number of nitrogens with zero attached hydrogens (tertiary/aromatic N) is 2. The molecule has 1 aromatic heterocycles. The van der Waals surface area contributed by atoms with Crippen LogP contribution in [0.5, 0.6) is 0 Å². The Morgan fingerprint density at radius 1 is 1.12 bits per heavy atom. The molecule has 0 aliphatic heterocycles. The molecule has 9 heteroatoms. The van der Waals surface area contributed by atoms with Gasteiger partial charge in [0.05, 0.1) is 17.1 Å². The van der Waals surface area contributed by atoms with E-state index >= 15 is 0 Å². The van der Waals surface area contributed by atoms with Crippen LogP contribution < -0.4 is 10.3 Å².